The predicted octanol–water partition coefficient (Wildman–Crippen LogP) is 2.26. The van der Waals surface area contributed by atoms with E-state index in [0.29, 0.717) is 5.56 Å². The molecular weight excluding hydrogens is 233 g/mol. The van der Waals surface area contributed by atoms with Crippen LogP contribution in [0.5, 0.6) is 0 Å². The fourth-order valence-electron chi connectivity index (χ4n) is 1.32. The van der Waals surface area contributed by atoms with E-state index in [9.17, 15) is 13.2 Å². The molecule has 0 N–H and O–H groups in total. The monoisotopic (exact) mass is 240 g/mol. The van der Waals surface area contributed by atoms with E-state index >= 15 is 0 Å². The molecule has 0 aliphatic carbocycles. The van der Waals surface area contributed by atoms with Gasteiger partial charge in [0.2, 0.25) is 0 Å². The third kappa shape index (κ3) is 2.38. The highest BCUT2D eigenvalue weighted by Crippen LogP contribution is 2.33. The van der Waals surface area contributed by atoms with Gasteiger partial charge in [-0.3, -0.25) is 0 Å². The Balaban J connectivity index is 2.56. The first-order valence-corrected chi connectivity index (χ1v) is 4.69. The topological polar surface area (TPSA) is 51.6 Å². The number of hydrogen-bond donors (Lipinski definition) is 0. The average Bonchev–Trinajstić information content (AvgIpc) is 2.29. The van der Waals surface area contributed by atoms with Gasteiger partial charge in [-0.25, -0.2) is 0 Å². The molecule has 0 aliphatic rings. The van der Waals surface area contributed by atoms with Gasteiger partial charge in [-0.15, -0.1) is 10.2 Å². The van der Waals surface area contributed by atoms with Crippen molar-refractivity contribution in [1.82, 2.24) is 20.6 Å². The van der Waals surface area contributed by atoms with Gasteiger partial charge in [0.15, 0.2) is 5.69 Å². The van der Waals surface area contributed by atoms with E-state index in [1.54, 1.807) is 12.1 Å². The van der Waals surface area contributed by atoms with Crippen LogP contribution >= 0.6 is 0 Å². The van der Waals surface area contributed by atoms with E-state index in [2.05, 4.69) is 20.6 Å². The van der Waals surface area contributed by atoms with E-state index < -0.39 is 11.9 Å². The molecule has 17 heavy (non-hydrogen) atoms. The molecule has 0 spiro atoms. The molecule has 0 aliphatic heterocycles. The van der Waals surface area contributed by atoms with E-state index in [0.717, 1.165) is 5.56 Å². The van der Waals surface area contributed by atoms with Crippen LogP contribution in [-0.2, 0) is 6.18 Å². The molecule has 1 aromatic heterocycles. The molecule has 88 valence electrons. The quantitative estimate of drug-likeness (QED) is 0.767. The predicted molar refractivity (Wildman–Crippen MR) is 52.8 cm³/mol. The number of hydrogen-bond acceptors (Lipinski definition) is 4. The molecule has 1 heterocycles. The Hall–Kier alpha value is -2.05. The molecule has 4 nitrogen and oxygen atoms in total. The Labute approximate surface area is 94.5 Å². The first-order valence-electron chi connectivity index (χ1n) is 4.69. The van der Waals surface area contributed by atoms with Crippen LogP contribution in [0, 0.1) is 6.92 Å². The maximum atomic E-state index is 12.6. The van der Waals surface area contributed by atoms with Gasteiger partial charge in [-0.2, -0.15) is 13.2 Å². The van der Waals surface area contributed by atoms with Gasteiger partial charge < -0.3 is 0 Å². The molecule has 0 amide bonds. The maximum Gasteiger partial charge on any atom is 0.437 e. The fourth-order valence-corrected chi connectivity index (χ4v) is 1.32. The standard InChI is InChI=1S/C10H7F3N4/c1-6-2-4-7(5-3-6)8-9(10(11,12)13)15-17-16-14-8/h2-5H,1H3. The molecule has 0 fully saturated rings. The highest BCUT2D eigenvalue weighted by Gasteiger charge is 2.37. The molecule has 0 saturated carbocycles. The van der Waals surface area contributed by atoms with Gasteiger partial charge in [0, 0.05) is 5.56 Å². The van der Waals surface area contributed by atoms with Gasteiger partial charge in [-0.05, 0) is 17.4 Å². The normalized spacial score (nSPS) is 11.5. The summed E-state index contributed by atoms with van der Waals surface area (Å²) in [4.78, 5) is 0. The molecule has 0 radical (unpaired) electrons. The van der Waals surface area contributed by atoms with Crippen molar-refractivity contribution < 1.29 is 13.2 Å². The lowest BCUT2D eigenvalue weighted by Gasteiger charge is -2.08. The summed E-state index contributed by atoms with van der Waals surface area (Å²) < 4.78 is 37.9. The third-order valence-corrected chi connectivity index (χ3v) is 2.15. The number of benzene rings is 1. The van der Waals surface area contributed by atoms with Crippen LogP contribution in [0.2, 0.25) is 0 Å². The van der Waals surface area contributed by atoms with Crippen molar-refractivity contribution >= 4 is 0 Å². The van der Waals surface area contributed by atoms with E-state index in [-0.39, 0.29) is 5.69 Å². The fraction of sp³-hybridized carbons (Fsp3) is 0.200. The molecule has 0 saturated heterocycles. The van der Waals surface area contributed by atoms with Gasteiger partial charge >= 0.3 is 6.18 Å². The van der Waals surface area contributed by atoms with Gasteiger partial charge in [0.05, 0.1) is 0 Å². The largest absolute Gasteiger partial charge is 0.437 e. The Morgan fingerprint density at radius 3 is 2.12 bits per heavy atom. The Morgan fingerprint density at radius 2 is 1.53 bits per heavy atom. The van der Waals surface area contributed by atoms with Gasteiger partial charge in [0.1, 0.15) is 5.69 Å². The third-order valence-electron chi connectivity index (χ3n) is 2.15. The van der Waals surface area contributed by atoms with Crippen molar-refractivity contribution in [3.63, 3.8) is 0 Å². The van der Waals surface area contributed by atoms with Crippen LogP contribution in [0.1, 0.15) is 11.3 Å². The number of aromatic nitrogens is 4. The molecule has 0 bridgehead atoms. The van der Waals surface area contributed by atoms with Crippen LogP contribution in [-0.4, -0.2) is 20.6 Å². The average molecular weight is 240 g/mol. The zero-order valence-electron chi connectivity index (χ0n) is 8.73. The van der Waals surface area contributed by atoms with Crippen LogP contribution in [0.15, 0.2) is 24.3 Å². The van der Waals surface area contributed by atoms with Gasteiger partial charge in [0.25, 0.3) is 0 Å². The molecule has 7 heteroatoms. The first kappa shape index (κ1) is 11.4. The summed E-state index contributed by atoms with van der Waals surface area (Å²) in [6.07, 6.45) is -4.59. The molecule has 0 atom stereocenters. The van der Waals surface area contributed by atoms with E-state index in [1.807, 2.05) is 6.92 Å². The molecule has 0 unspecified atom stereocenters. The van der Waals surface area contributed by atoms with Gasteiger partial charge in [-0.1, -0.05) is 29.8 Å². The van der Waals surface area contributed by atoms with E-state index in [4.69, 9.17) is 0 Å². The highest BCUT2D eigenvalue weighted by atomic mass is 19.4. The number of alkyl halides is 3. The summed E-state index contributed by atoms with van der Waals surface area (Å²) >= 11 is 0. The zero-order chi connectivity index (χ0) is 12.5. The van der Waals surface area contributed by atoms with Crippen molar-refractivity contribution in [2.24, 2.45) is 0 Å². The SMILES string of the molecule is Cc1ccc(-c2nnnnc2C(F)(F)F)cc1. The number of halogens is 3. The second-order valence-electron chi connectivity index (χ2n) is 3.44. The second kappa shape index (κ2) is 4.08. The van der Waals surface area contributed by atoms with Crippen LogP contribution in [0.3, 0.4) is 0 Å². The highest BCUT2D eigenvalue weighted by molar-refractivity contribution is 5.61. The van der Waals surface area contributed by atoms with Crippen LogP contribution in [0.25, 0.3) is 11.3 Å². The van der Waals surface area contributed by atoms with Crippen LogP contribution < -0.4 is 0 Å². The molecule has 2 aromatic rings. The zero-order valence-corrected chi connectivity index (χ0v) is 8.73. The van der Waals surface area contributed by atoms with Crippen molar-refractivity contribution in [3.05, 3.63) is 35.5 Å². The van der Waals surface area contributed by atoms with Crippen molar-refractivity contribution in [2.45, 2.75) is 13.1 Å². The second-order valence-corrected chi connectivity index (χ2v) is 3.44. The number of aryl methyl sites for hydroxylation is 1. The number of nitrogens with zero attached hydrogens (tertiary/aromatic N) is 4. The Bertz CT molecular complexity index is 522. The van der Waals surface area contributed by atoms with Crippen molar-refractivity contribution in [2.75, 3.05) is 0 Å². The summed E-state index contributed by atoms with van der Waals surface area (Å²) in [6.45, 7) is 1.84. The minimum Gasteiger partial charge on any atom is -0.164 e. The summed E-state index contributed by atoms with van der Waals surface area (Å²) in [6, 6.07) is 6.46. The lowest BCUT2D eigenvalue weighted by molar-refractivity contribution is -0.141. The summed E-state index contributed by atoms with van der Waals surface area (Å²) in [5.74, 6) is 0. The summed E-state index contributed by atoms with van der Waals surface area (Å²) in [7, 11) is 0. The van der Waals surface area contributed by atoms with Crippen molar-refractivity contribution in [1.29, 1.82) is 0 Å². The summed E-state index contributed by atoms with van der Waals surface area (Å²) in [5, 5.41) is 12.5. The number of rotatable bonds is 1. The van der Waals surface area contributed by atoms with Crippen LogP contribution in [0.4, 0.5) is 13.2 Å². The smallest absolute Gasteiger partial charge is 0.164 e. The molecule has 2 rings (SSSR count). The molecular formula is C10H7F3N4. The minimum atomic E-state index is -4.59. The maximum absolute atomic E-state index is 12.6. The summed E-state index contributed by atoms with van der Waals surface area (Å²) in [5.41, 5.74) is -0.188. The Morgan fingerprint density at radius 1 is 0.941 bits per heavy atom. The minimum absolute atomic E-state index is 0.310. The van der Waals surface area contributed by atoms with E-state index in [1.165, 1.54) is 12.1 Å². The first-order chi connectivity index (χ1) is 7.98. The Kier molecular flexibility index (Phi) is 2.74. The lowest BCUT2D eigenvalue weighted by atomic mass is 10.1. The van der Waals surface area contributed by atoms with Crippen molar-refractivity contribution in [3.8, 4) is 11.3 Å². The molecule has 1 aromatic carbocycles. The lowest BCUT2D eigenvalue weighted by Crippen LogP contribution is -2.13.